The lowest BCUT2D eigenvalue weighted by Gasteiger charge is -2.47. The minimum atomic E-state index is 0.192. The van der Waals surface area contributed by atoms with Gasteiger partial charge in [0.15, 0.2) is 0 Å². The Morgan fingerprint density at radius 2 is 1.52 bits per heavy atom. The van der Waals surface area contributed by atoms with Crippen molar-refractivity contribution in [3.63, 3.8) is 0 Å². The average Bonchev–Trinajstić information content (AvgIpc) is 2.61. The Morgan fingerprint density at radius 3 is 2.09 bits per heavy atom. The van der Waals surface area contributed by atoms with E-state index in [1.165, 1.54) is 83.5 Å². The number of rotatable bonds is 9. The van der Waals surface area contributed by atoms with Crippen LogP contribution in [0.4, 0.5) is 0 Å². The molecule has 0 N–H and O–H groups in total. The van der Waals surface area contributed by atoms with Crippen LogP contribution in [0.15, 0.2) is 0 Å². The summed E-state index contributed by atoms with van der Waals surface area (Å²) in [7, 11) is 1.97. The van der Waals surface area contributed by atoms with E-state index in [0.717, 1.165) is 18.4 Å². The maximum absolute atomic E-state index is 6.16. The molecule has 2 saturated carbocycles. The van der Waals surface area contributed by atoms with Crippen molar-refractivity contribution in [1.29, 1.82) is 0 Å². The predicted molar refractivity (Wildman–Crippen MR) is 97.8 cm³/mol. The molecule has 2 aliphatic rings. The highest BCUT2D eigenvalue weighted by Gasteiger charge is 2.43. The van der Waals surface area contributed by atoms with Gasteiger partial charge < -0.3 is 9.47 Å². The fourth-order valence-corrected chi connectivity index (χ4v) is 4.88. The van der Waals surface area contributed by atoms with Crippen molar-refractivity contribution in [3.8, 4) is 0 Å². The molecule has 0 radical (unpaired) electrons. The summed E-state index contributed by atoms with van der Waals surface area (Å²) in [6.07, 6.45) is 17.6. The Kier molecular flexibility index (Phi) is 8.40. The first-order valence-corrected chi connectivity index (χ1v) is 10.4. The summed E-state index contributed by atoms with van der Waals surface area (Å²) < 4.78 is 12.2. The van der Waals surface area contributed by atoms with Crippen LogP contribution in [0.2, 0.25) is 0 Å². The normalized spacial score (nSPS) is 35.3. The van der Waals surface area contributed by atoms with Gasteiger partial charge in [-0.3, -0.25) is 0 Å². The second-order valence-corrected chi connectivity index (χ2v) is 8.05. The van der Waals surface area contributed by atoms with Crippen LogP contribution in [0, 0.1) is 11.8 Å². The summed E-state index contributed by atoms with van der Waals surface area (Å²) >= 11 is 0. The van der Waals surface area contributed by atoms with Gasteiger partial charge in [-0.15, -0.1) is 0 Å². The maximum Gasteiger partial charge on any atom is 0.0707 e. The highest BCUT2D eigenvalue weighted by molar-refractivity contribution is 4.95. The fraction of sp³-hybridized carbons (Fsp3) is 1.00. The first-order valence-electron chi connectivity index (χ1n) is 10.4. The summed E-state index contributed by atoms with van der Waals surface area (Å²) in [6.45, 7) is 5.50. The standard InChI is InChI=1S/C21H40O2/c1-4-6-8-18-13-15-21(22-3,16-14-18)19-9-11-20(12-10-19)23-17-7-5-2/h18-20H,4-17H2,1-3H3/t18-,19-,20-,21-. The van der Waals surface area contributed by atoms with E-state index in [4.69, 9.17) is 9.47 Å². The number of hydrogen-bond donors (Lipinski definition) is 0. The third-order valence-electron chi connectivity index (χ3n) is 6.59. The van der Waals surface area contributed by atoms with E-state index in [1.54, 1.807) is 0 Å². The van der Waals surface area contributed by atoms with E-state index in [1.807, 2.05) is 7.11 Å². The second-order valence-electron chi connectivity index (χ2n) is 8.05. The van der Waals surface area contributed by atoms with Gasteiger partial charge in [-0.1, -0.05) is 39.5 Å². The zero-order valence-electron chi connectivity index (χ0n) is 15.9. The van der Waals surface area contributed by atoms with Gasteiger partial charge in [0, 0.05) is 13.7 Å². The molecule has 136 valence electrons. The van der Waals surface area contributed by atoms with E-state index in [9.17, 15) is 0 Å². The molecule has 2 aliphatic carbocycles. The summed E-state index contributed by atoms with van der Waals surface area (Å²) in [4.78, 5) is 0. The van der Waals surface area contributed by atoms with Gasteiger partial charge in [-0.05, 0) is 69.6 Å². The summed E-state index contributed by atoms with van der Waals surface area (Å²) in [6, 6.07) is 0. The van der Waals surface area contributed by atoms with Crippen LogP contribution >= 0.6 is 0 Å². The molecular weight excluding hydrogens is 284 g/mol. The second kappa shape index (κ2) is 10.0. The van der Waals surface area contributed by atoms with Crippen LogP contribution in [0.3, 0.4) is 0 Å². The SMILES string of the molecule is CCCCO[C@H]1CC[C@H]([C@]2(OC)CC[C@H](CCCC)CC2)CC1. The first-order chi connectivity index (χ1) is 11.2. The lowest BCUT2D eigenvalue weighted by atomic mass is 9.66. The number of hydrogen-bond acceptors (Lipinski definition) is 2. The average molecular weight is 325 g/mol. The third kappa shape index (κ3) is 5.46. The zero-order chi connectivity index (χ0) is 16.5. The molecule has 0 saturated heterocycles. The number of ether oxygens (including phenoxy) is 2. The lowest BCUT2D eigenvalue weighted by Crippen LogP contribution is -2.45. The van der Waals surface area contributed by atoms with Gasteiger partial charge in [-0.25, -0.2) is 0 Å². The molecule has 0 aromatic heterocycles. The van der Waals surface area contributed by atoms with Gasteiger partial charge in [-0.2, -0.15) is 0 Å². The highest BCUT2D eigenvalue weighted by atomic mass is 16.5. The molecular formula is C21H40O2. The zero-order valence-corrected chi connectivity index (χ0v) is 15.9. The quantitative estimate of drug-likeness (QED) is 0.475. The fourth-order valence-electron chi connectivity index (χ4n) is 4.88. The van der Waals surface area contributed by atoms with E-state index < -0.39 is 0 Å². The minimum Gasteiger partial charge on any atom is -0.378 e. The minimum absolute atomic E-state index is 0.192. The van der Waals surface area contributed by atoms with Crippen molar-refractivity contribution in [2.75, 3.05) is 13.7 Å². The first kappa shape index (κ1) is 19.2. The predicted octanol–water partition coefficient (Wildman–Crippen LogP) is 6.13. The van der Waals surface area contributed by atoms with Crippen LogP contribution in [-0.2, 0) is 9.47 Å². The largest absolute Gasteiger partial charge is 0.378 e. The Labute approximate surface area is 144 Å². The smallest absolute Gasteiger partial charge is 0.0707 e. The number of methoxy groups -OCH3 is 1. The molecule has 0 aromatic rings. The van der Waals surface area contributed by atoms with Crippen molar-refractivity contribution >= 4 is 0 Å². The van der Waals surface area contributed by atoms with E-state index >= 15 is 0 Å². The van der Waals surface area contributed by atoms with Crippen LogP contribution < -0.4 is 0 Å². The van der Waals surface area contributed by atoms with E-state index in [-0.39, 0.29) is 5.60 Å². The topological polar surface area (TPSA) is 18.5 Å². The molecule has 0 bridgehead atoms. The van der Waals surface area contributed by atoms with Crippen LogP contribution in [0.1, 0.15) is 97.3 Å². The summed E-state index contributed by atoms with van der Waals surface area (Å²) in [5.74, 6) is 1.73. The molecule has 0 heterocycles. The molecule has 2 fully saturated rings. The van der Waals surface area contributed by atoms with Crippen LogP contribution in [0.5, 0.6) is 0 Å². The van der Waals surface area contributed by atoms with Crippen LogP contribution in [-0.4, -0.2) is 25.4 Å². The van der Waals surface area contributed by atoms with Crippen molar-refractivity contribution in [2.45, 2.75) is 109 Å². The van der Waals surface area contributed by atoms with Crippen molar-refractivity contribution in [3.05, 3.63) is 0 Å². The molecule has 23 heavy (non-hydrogen) atoms. The van der Waals surface area contributed by atoms with E-state index in [0.29, 0.717) is 6.10 Å². The van der Waals surface area contributed by atoms with E-state index in [2.05, 4.69) is 13.8 Å². The van der Waals surface area contributed by atoms with Gasteiger partial charge >= 0.3 is 0 Å². The van der Waals surface area contributed by atoms with Gasteiger partial charge in [0.25, 0.3) is 0 Å². The Morgan fingerprint density at radius 1 is 0.870 bits per heavy atom. The van der Waals surface area contributed by atoms with Crippen LogP contribution in [0.25, 0.3) is 0 Å². The number of unbranched alkanes of at least 4 members (excludes halogenated alkanes) is 2. The molecule has 0 aromatic carbocycles. The van der Waals surface area contributed by atoms with Crippen molar-refractivity contribution in [2.24, 2.45) is 11.8 Å². The van der Waals surface area contributed by atoms with Gasteiger partial charge in [0.05, 0.1) is 11.7 Å². The molecule has 0 amide bonds. The Bertz CT molecular complexity index is 299. The Balaban J connectivity index is 1.76. The summed E-state index contributed by atoms with van der Waals surface area (Å²) in [5, 5.41) is 0. The molecule has 0 atom stereocenters. The molecule has 0 unspecified atom stereocenters. The maximum atomic E-state index is 6.16. The highest BCUT2D eigenvalue weighted by Crippen LogP contribution is 2.46. The van der Waals surface area contributed by atoms with Gasteiger partial charge in [0.1, 0.15) is 0 Å². The monoisotopic (exact) mass is 324 g/mol. The molecule has 2 rings (SSSR count). The molecule has 2 heteroatoms. The van der Waals surface area contributed by atoms with Crippen molar-refractivity contribution in [1.82, 2.24) is 0 Å². The van der Waals surface area contributed by atoms with Crippen molar-refractivity contribution < 1.29 is 9.47 Å². The summed E-state index contributed by atoms with van der Waals surface area (Å²) in [5.41, 5.74) is 0.192. The third-order valence-corrected chi connectivity index (χ3v) is 6.59. The molecule has 0 spiro atoms. The Hall–Kier alpha value is -0.0800. The lowest BCUT2D eigenvalue weighted by molar-refractivity contribution is -0.113. The molecule has 2 nitrogen and oxygen atoms in total. The van der Waals surface area contributed by atoms with Gasteiger partial charge in [0.2, 0.25) is 0 Å². The molecule has 0 aliphatic heterocycles.